The van der Waals surface area contributed by atoms with E-state index in [1.54, 1.807) is 7.11 Å². The van der Waals surface area contributed by atoms with Crippen LogP contribution in [0.5, 0.6) is 5.75 Å². The number of rotatable bonds is 3. The van der Waals surface area contributed by atoms with E-state index in [1.165, 1.54) is 0 Å². The van der Waals surface area contributed by atoms with Gasteiger partial charge in [-0.1, -0.05) is 17.7 Å². The van der Waals surface area contributed by atoms with Crippen molar-refractivity contribution in [2.45, 2.75) is 32.0 Å². The van der Waals surface area contributed by atoms with Crippen molar-refractivity contribution in [3.63, 3.8) is 0 Å². The molecule has 1 aliphatic rings. The zero-order valence-corrected chi connectivity index (χ0v) is 10.8. The number of hydrogen-bond acceptors (Lipinski definition) is 4. The van der Waals surface area contributed by atoms with Crippen LogP contribution >= 0.6 is 0 Å². The average Bonchev–Trinajstić information content (AvgIpc) is 2.29. The molecule has 5 heteroatoms. The van der Waals surface area contributed by atoms with Gasteiger partial charge in [0, 0.05) is 30.9 Å². The number of ether oxygens (including phenoxy) is 2. The predicted octanol–water partition coefficient (Wildman–Crippen LogP) is 2.50. The Bertz CT molecular complexity index is 474. The Labute approximate surface area is 106 Å². The lowest BCUT2D eigenvalue weighted by atomic mass is 9.87. The highest BCUT2D eigenvalue weighted by molar-refractivity contribution is 5.41. The third-order valence-electron chi connectivity index (χ3n) is 3.35. The number of methoxy groups -OCH3 is 1. The van der Waals surface area contributed by atoms with Crippen molar-refractivity contribution >= 4 is 0 Å². The largest absolute Gasteiger partial charge is 0.462 e. The van der Waals surface area contributed by atoms with E-state index in [0.29, 0.717) is 12.2 Å². The Balaban J connectivity index is 2.40. The fourth-order valence-corrected chi connectivity index (χ4v) is 2.38. The van der Waals surface area contributed by atoms with E-state index < -0.39 is 5.79 Å². The third-order valence-corrected chi connectivity index (χ3v) is 3.35. The van der Waals surface area contributed by atoms with Gasteiger partial charge in [0.2, 0.25) is 12.3 Å². The minimum atomic E-state index is -0.789. The Morgan fingerprint density at radius 3 is 2.94 bits per heavy atom. The summed E-state index contributed by atoms with van der Waals surface area (Å²) in [4.78, 5) is 10.5. The van der Waals surface area contributed by atoms with Crippen molar-refractivity contribution in [1.82, 2.24) is 0 Å². The number of aryl methyl sites for hydroxylation is 1. The third kappa shape index (κ3) is 2.46. The summed E-state index contributed by atoms with van der Waals surface area (Å²) in [6, 6.07) is 5.75. The molecule has 0 amide bonds. The molecular weight excluding hydrogens is 234 g/mol. The second-order valence-corrected chi connectivity index (χ2v) is 4.90. The molecule has 1 aromatic carbocycles. The first kappa shape index (κ1) is 12.8. The number of benzene rings is 1. The minimum Gasteiger partial charge on any atom is -0.462 e. The van der Waals surface area contributed by atoms with E-state index in [2.05, 4.69) is 0 Å². The van der Waals surface area contributed by atoms with Gasteiger partial charge in [-0.05, 0) is 13.0 Å². The van der Waals surface area contributed by atoms with Gasteiger partial charge in [0.15, 0.2) is 0 Å². The number of fused-ring (bicyclic) bond motifs is 1. The van der Waals surface area contributed by atoms with Crippen molar-refractivity contribution < 1.29 is 14.4 Å². The zero-order valence-electron chi connectivity index (χ0n) is 10.8. The lowest BCUT2D eigenvalue weighted by Crippen LogP contribution is -2.41. The van der Waals surface area contributed by atoms with E-state index in [9.17, 15) is 10.1 Å². The molecule has 2 rings (SSSR count). The molecule has 1 aromatic rings. The molecule has 0 aromatic heterocycles. The van der Waals surface area contributed by atoms with Gasteiger partial charge in [-0.15, -0.1) is 0 Å². The molecule has 0 saturated carbocycles. The molecule has 18 heavy (non-hydrogen) atoms. The first-order valence-corrected chi connectivity index (χ1v) is 5.90. The first-order valence-electron chi connectivity index (χ1n) is 5.90. The number of nitro groups is 1. The van der Waals surface area contributed by atoms with Gasteiger partial charge in [-0.3, -0.25) is 10.1 Å². The van der Waals surface area contributed by atoms with E-state index in [-0.39, 0.29) is 17.4 Å². The molecule has 0 spiro atoms. The van der Waals surface area contributed by atoms with Gasteiger partial charge in [-0.2, -0.15) is 0 Å². The summed E-state index contributed by atoms with van der Waals surface area (Å²) < 4.78 is 11.1. The maximum absolute atomic E-state index is 10.8. The molecule has 5 nitrogen and oxygen atoms in total. The number of nitrogens with zero attached hydrogens (tertiary/aromatic N) is 1. The minimum absolute atomic E-state index is 0.0984. The smallest absolute Gasteiger partial charge is 0.211 e. The van der Waals surface area contributed by atoms with Crippen molar-refractivity contribution in [1.29, 1.82) is 0 Å². The van der Waals surface area contributed by atoms with Crippen LogP contribution in [0.3, 0.4) is 0 Å². The van der Waals surface area contributed by atoms with Crippen LogP contribution in [-0.4, -0.2) is 24.4 Å². The van der Waals surface area contributed by atoms with Crippen molar-refractivity contribution in [3.05, 3.63) is 39.4 Å². The molecule has 0 saturated heterocycles. The molecule has 1 heterocycles. The van der Waals surface area contributed by atoms with Crippen LogP contribution in [0.2, 0.25) is 0 Å². The molecule has 1 aliphatic heterocycles. The normalized spacial score (nSPS) is 26.3. The Morgan fingerprint density at radius 1 is 1.61 bits per heavy atom. The summed E-state index contributed by atoms with van der Waals surface area (Å²) in [5.41, 5.74) is 1.98. The molecule has 0 bridgehead atoms. The summed E-state index contributed by atoms with van der Waals surface area (Å²) >= 11 is 0. The van der Waals surface area contributed by atoms with Crippen molar-refractivity contribution in [2.24, 2.45) is 0 Å². The standard InChI is InChI=1S/C13H17NO4/c1-9-4-5-12-11(6-9)10(8-14(15)16)7-13(2,17-3)18-12/h4-6,10H,7-8H2,1-3H3/t10-,13+/m1/s1. The van der Waals surface area contributed by atoms with E-state index in [4.69, 9.17) is 9.47 Å². The molecule has 0 fully saturated rings. The second kappa shape index (κ2) is 4.57. The van der Waals surface area contributed by atoms with Crippen molar-refractivity contribution in [2.75, 3.05) is 13.7 Å². The quantitative estimate of drug-likeness (QED) is 0.611. The summed E-state index contributed by atoms with van der Waals surface area (Å²) in [5.74, 6) is -0.278. The Hall–Kier alpha value is -1.62. The van der Waals surface area contributed by atoms with Crippen LogP contribution in [0.1, 0.15) is 30.4 Å². The fourth-order valence-electron chi connectivity index (χ4n) is 2.38. The van der Waals surface area contributed by atoms with Gasteiger partial charge in [-0.25, -0.2) is 0 Å². The topological polar surface area (TPSA) is 61.6 Å². The van der Waals surface area contributed by atoms with Crippen LogP contribution in [0.25, 0.3) is 0 Å². The Morgan fingerprint density at radius 2 is 2.33 bits per heavy atom. The van der Waals surface area contributed by atoms with E-state index >= 15 is 0 Å². The second-order valence-electron chi connectivity index (χ2n) is 4.90. The molecule has 0 radical (unpaired) electrons. The highest BCUT2D eigenvalue weighted by Crippen LogP contribution is 2.41. The predicted molar refractivity (Wildman–Crippen MR) is 66.4 cm³/mol. The lowest BCUT2D eigenvalue weighted by Gasteiger charge is -2.37. The summed E-state index contributed by atoms with van der Waals surface area (Å²) in [5, 5.41) is 10.8. The molecule has 0 aliphatic carbocycles. The van der Waals surface area contributed by atoms with Gasteiger partial charge >= 0.3 is 0 Å². The van der Waals surface area contributed by atoms with E-state index in [0.717, 1.165) is 11.1 Å². The summed E-state index contributed by atoms with van der Waals surface area (Å²) in [6.45, 7) is 3.68. The molecular formula is C13H17NO4. The first-order chi connectivity index (χ1) is 8.43. The SMILES string of the molecule is CO[C@]1(C)C[C@H](C[N+](=O)[O-])c2cc(C)ccc2O1. The molecule has 98 valence electrons. The molecule has 0 unspecified atom stereocenters. The fraction of sp³-hybridized carbons (Fsp3) is 0.538. The molecule has 2 atom stereocenters. The van der Waals surface area contributed by atoms with Crippen molar-refractivity contribution in [3.8, 4) is 5.75 Å². The maximum Gasteiger partial charge on any atom is 0.211 e. The van der Waals surface area contributed by atoms with Crippen LogP contribution in [-0.2, 0) is 4.74 Å². The van der Waals surface area contributed by atoms with Crippen LogP contribution in [0.4, 0.5) is 0 Å². The van der Waals surface area contributed by atoms with E-state index in [1.807, 2.05) is 32.0 Å². The van der Waals surface area contributed by atoms with Crippen LogP contribution < -0.4 is 4.74 Å². The van der Waals surface area contributed by atoms with Gasteiger partial charge in [0.1, 0.15) is 5.75 Å². The number of hydrogen-bond donors (Lipinski definition) is 0. The monoisotopic (exact) mass is 251 g/mol. The van der Waals surface area contributed by atoms with Gasteiger partial charge < -0.3 is 9.47 Å². The van der Waals surface area contributed by atoms with Gasteiger partial charge in [0.05, 0.1) is 5.92 Å². The lowest BCUT2D eigenvalue weighted by molar-refractivity contribution is -0.485. The van der Waals surface area contributed by atoms with Gasteiger partial charge in [0.25, 0.3) is 0 Å². The Kier molecular flexibility index (Phi) is 3.26. The maximum atomic E-state index is 10.8. The molecule has 0 N–H and O–H groups in total. The highest BCUT2D eigenvalue weighted by Gasteiger charge is 2.39. The van der Waals surface area contributed by atoms with Crippen LogP contribution in [0.15, 0.2) is 18.2 Å². The van der Waals surface area contributed by atoms with Crippen LogP contribution in [0, 0.1) is 17.0 Å². The summed E-state index contributed by atoms with van der Waals surface area (Å²) in [6.07, 6.45) is 0.487. The average molecular weight is 251 g/mol. The summed E-state index contributed by atoms with van der Waals surface area (Å²) in [7, 11) is 1.56. The highest BCUT2D eigenvalue weighted by atomic mass is 16.7. The zero-order chi connectivity index (χ0) is 13.3.